The van der Waals surface area contributed by atoms with Crippen LogP contribution in [0, 0.1) is 0 Å². The van der Waals surface area contributed by atoms with Crippen molar-refractivity contribution in [3.8, 4) is 0 Å². The molecule has 1 aromatic heterocycles. The third-order valence-corrected chi connectivity index (χ3v) is 4.00. The third kappa shape index (κ3) is 3.66. The highest BCUT2D eigenvalue weighted by Gasteiger charge is 2.22. The Bertz CT molecular complexity index is 425. The van der Waals surface area contributed by atoms with Crippen molar-refractivity contribution >= 4 is 21.7 Å². The van der Waals surface area contributed by atoms with Crippen molar-refractivity contribution in [2.75, 3.05) is 18.1 Å². The van der Waals surface area contributed by atoms with Crippen molar-refractivity contribution in [3.05, 3.63) is 16.5 Å². The van der Waals surface area contributed by atoms with Crippen LogP contribution in [0.5, 0.6) is 0 Å². The Kier molecular flexibility index (Phi) is 5.16. The van der Waals surface area contributed by atoms with Gasteiger partial charge in [0.05, 0.1) is 12.6 Å². The van der Waals surface area contributed by atoms with Gasteiger partial charge in [-0.3, -0.25) is 0 Å². The molecule has 106 valence electrons. The van der Waals surface area contributed by atoms with Crippen molar-refractivity contribution in [3.63, 3.8) is 0 Å². The third-order valence-electron chi connectivity index (χ3n) is 3.60. The molecule has 0 saturated carbocycles. The Hall–Kier alpha value is -0.680. The van der Waals surface area contributed by atoms with Gasteiger partial charge in [-0.1, -0.05) is 26.7 Å². The van der Waals surface area contributed by atoms with Gasteiger partial charge in [0.1, 0.15) is 16.2 Å². The summed E-state index contributed by atoms with van der Waals surface area (Å²) >= 11 is 3.47. The Morgan fingerprint density at radius 3 is 2.84 bits per heavy atom. The molecule has 2 heterocycles. The van der Waals surface area contributed by atoms with Gasteiger partial charge in [0, 0.05) is 18.5 Å². The average Bonchev–Trinajstić information content (AvgIpc) is 2.62. The Labute approximate surface area is 123 Å². The molecule has 0 aliphatic carbocycles. The summed E-state index contributed by atoms with van der Waals surface area (Å²) in [7, 11) is 0. The van der Waals surface area contributed by atoms with Gasteiger partial charge in [-0.05, 0) is 28.8 Å². The van der Waals surface area contributed by atoms with E-state index in [1.807, 2.05) is 6.07 Å². The van der Waals surface area contributed by atoms with E-state index in [2.05, 4.69) is 44.6 Å². The molecule has 0 amide bonds. The Balaban J connectivity index is 2.32. The van der Waals surface area contributed by atoms with Crippen LogP contribution in [0.3, 0.4) is 0 Å². The predicted octanol–water partition coefficient (Wildman–Crippen LogP) is 3.10. The molecule has 5 heteroatoms. The van der Waals surface area contributed by atoms with Gasteiger partial charge in [-0.15, -0.1) is 0 Å². The minimum atomic E-state index is 0.185. The van der Waals surface area contributed by atoms with Crippen molar-refractivity contribution < 1.29 is 5.11 Å². The Morgan fingerprint density at radius 2 is 2.16 bits per heavy atom. The summed E-state index contributed by atoms with van der Waals surface area (Å²) < 4.78 is 0.821. The second-order valence-electron chi connectivity index (χ2n) is 5.44. The molecule has 1 unspecified atom stereocenters. The molecule has 1 aliphatic rings. The zero-order chi connectivity index (χ0) is 13.8. The van der Waals surface area contributed by atoms with Crippen LogP contribution in [0.25, 0.3) is 0 Å². The van der Waals surface area contributed by atoms with Gasteiger partial charge in [0.2, 0.25) is 0 Å². The smallest absolute Gasteiger partial charge is 0.134 e. The summed E-state index contributed by atoms with van der Waals surface area (Å²) in [5, 5.41) is 9.60. The minimum absolute atomic E-state index is 0.185. The van der Waals surface area contributed by atoms with Crippen molar-refractivity contribution in [2.24, 2.45) is 0 Å². The quantitative estimate of drug-likeness (QED) is 0.866. The van der Waals surface area contributed by atoms with E-state index in [1.165, 1.54) is 12.8 Å². The molecule has 2 rings (SSSR count). The van der Waals surface area contributed by atoms with Crippen molar-refractivity contribution in [2.45, 2.75) is 51.5 Å². The fraction of sp³-hybridized carbons (Fsp3) is 0.714. The first-order valence-electron chi connectivity index (χ1n) is 7.03. The molecule has 19 heavy (non-hydrogen) atoms. The second kappa shape index (κ2) is 6.66. The van der Waals surface area contributed by atoms with Crippen molar-refractivity contribution in [1.29, 1.82) is 0 Å². The SMILES string of the molecule is CC(C)c1nc(Br)cc(N2CCCCCC2CO)n1. The molecular formula is C14H22BrN3O. The number of hydrogen-bond acceptors (Lipinski definition) is 4. The molecule has 0 radical (unpaired) electrons. The number of nitrogens with zero attached hydrogens (tertiary/aromatic N) is 3. The maximum Gasteiger partial charge on any atom is 0.134 e. The van der Waals surface area contributed by atoms with Crippen LogP contribution in [0.1, 0.15) is 51.3 Å². The number of rotatable bonds is 3. The lowest BCUT2D eigenvalue weighted by Crippen LogP contribution is -2.38. The van der Waals surface area contributed by atoms with Crippen LogP contribution in [0.4, 0.5) is 5.82 Å². The summed E-state index contributed by atoms with van der Waals surface area (Å²) in [6, 6.07) is 2.14. The lowest BCUT2D eigenvalue weighted by molar-refractivity contribution is 0.254. The van der Waals surface area contributed by atoms with Crippen molar-refractivity contribution in [1.82, 2.24) is 9.97 Å². The van der Waals surface area contributed by atoms with E-state index in [0.717, 1.165) is 35.6 Å². The number of hydrogen-bond donors (Lipinski definition) is 1. The van der Waals surface area contributed by atoms with Crippen LogP contribution < -0.4 is 4.90 Å². The number of aliphatic hydroxyl groups is 1. The fourth-order valence-electron chi connectivity index (χ4n) is 2.50. The van der Waals surface area contributed by atoms with Crippen LogP contribution in [-0.2, 0) is 0 Å². The molecule has 1 fully saturated rings. The van der Waals surface area contributed by atoms with Gasteiger partial charge in [0.25, 0.3) is 0 Å². The first-order chi connectivity index (χ1) is 9.11. The van der Waals surface area contributed by atoms with E-state index in [-0.39, 0.29) is 12.6 Å². The zero-order valence-electron chi connectivity index (χ0n) is 11.6. The highest BCUT2D eigenvalue weighted by Crippen LogP contribution is 2.26. The van der Waals surface area contributed by atoms with E-state index >= 15 is 0 Å². The number of anilines is 1. The van der Waals surface area contributed by atoms with Gasteiger partial charge in [-0.2, -0.15) is 0 Å². The van der Waals surface area contributed by atoms with Gasteiger partial charge in [-0.25, -0.2) is 9.97 Å². The largest absolute Gasteiger partial charge is 0.394 e. The lowest BCUT2D eigenvalue weighted by Gasteiger charge is -2.30. The van der Waals surface area contributed by atoms with E-state index in [4.69, 9.17) is 0 Å². The first kappa shape index (κ1) is 14.7. The number of halogens is 1. The average molecular weight is 328 g/mol. The maximum absolute atomic E-state index is 9.60. The normalized spacial score (nSPS) is 20.7. The standard InChI is InChI=1S/C14H22BrN3O/c1-10(2)14-16-12(15)8-13(17-14)18-7-5-3-4-6-11(18)9-19/h8,10-11,19H,3-7,9H2,1-2H3. The van der Waals surface area contributed by atoms with Gasteiger partial charge in [0.15, 0.2) is 0 Å². The zero-order valence-corrected chi connectivity index (χ0v) is 13.2. The monoisotopic (exact) mass is 327 g/mol. The summed E-state index contributed by atoms with van der Waals surface area (Å²) in [5.74, 6) is 2.09. The molecular weight excluding hydrogens is 306 g/mol. The van der Waals surface area contributed by atoms with E-state index < -0.39 is 0 Å². The first-order valence-corrected chi connectivity index (χ1v) is 7.83. The predicted molar refractivity (Wildman–Crippen MR) is 80.5 cm³/mol. The minimum Gasteiger partial charge on any atom is -0.394 e. The molecule has 1 saturated heterocycles. The van der Waals surface area contributed by atoms with E-state index in [9.17, 15) is 5.11 Å². The highest BCUT2D eigenvalue weighted by molar-refractivity contribution is 9.10. The molecule has 1 aromatic rings. The van der Waals surface area contributed by atoms with Crippen LogP contribution in [0.2, 0.25) is 0 Å². The van der Waals surface area contributed by atoms with Crippen LogP contribution in [0.15, 0.2) is 10.7 Å². The number of aromatic nitrogens is 2. The summed E-state index contributed by atoms with van der Waals surface area (Å²) in [5.41, 5.74) is 0. The van der Waals surface area contributed by atoms with Crippen LogP contribution >= 0.6 is 15.9 Å². The number of aliphatic hydroxyl groups excluding tert-OH is 1. The molecule has 0 spiro atoms. The fourth-order valence-corrected chi connectivity index (χ4v) is 2.88. The maximum atomic E-state index is 9.60. The van der Waals surface area contributed by atoms with E-state index in [0.29, 0.717) is 5.92 Å². The summed E-state index contributed by atoms with van der Waals surface area (Å²) in [4.78, 5) is 11.3. The molecule has 1 atom stereocenters. The van der Waals surface area contributed by atoms with E-state index in [1.54, 1.807) is 0 Å². The summed E-state index contributed by atoms with van der Waals surface area (Å²) in [6.45, 7) is 5.35. The molecule has 0 aromatic carbocycles. The summed E-state index contributed by atoms with van der Waals surface area (Å²) in [6.07, 6.45) is 4.62. The van der Waals surface area contributed by atoms with Gasteiger partial charge >= 0.3 is 0 Å². The lowest BCUT2D eigenvalue weighted by atomic mass is 10.1. The molecule has 1 N–H and O–H groups in total. The molecule has 0 bridgehead atoms. The Morgan fingerprint density at radius 1 is 1.37 bits per heavy atom. The van der Waals surface area contributed by atoms with Gasteiger partial charge < -0.3 is 10.0 Å². The van der Waals surface area contributed by atoms with Crippen LogP contribution in [-0.4, -0.2) is 34.3 Å². The topological polar surface area (TPSA) is 49.2 Å². The molecule has 4 nitrogen and oxygen atoms in total. The highest BCUT2D eigenvalue weighted by atomic mass is 79.9. The molecule has 1 aliphatic heterocycles. The second-order valence-corrected chi connectivity index (χ2v) is 6.25.